The molecule has 0 aliphatic rings. The minimum Gasteiger partial charge on any atom is -0.348 e. The Morgan fingerprint density at radius 3 is 2.29 bits per heavy atom. The molecule has 7 heteroatoms. The molecule has 4 aromatic carbocycles. The fourth-order valence-electron chi connectivity index (χ4n) is 3.76. The van der Waals surface area contributed by atoms with Gasteiger partial charge in [0.15, 0.2) is 0 Å². The number of hydrogen-bond donors (Lipinski definition) is 2. The molecule has 4 nitrogen and oxygen atoms in total. The molecule has 0 aliphatic carbocycles. The summed E-state index contributed by atoms with van der Waals surface area (Å²) in [5, 5.41) is 7.21. The minimum absolute atomic E-state index is 0.173. The molecule has 0 spiro atoms. The van der Waals surface area contributed by atoms with Crippen molar-refractivity contribution in [1.29, 1.82) is 0 Å². The van der Waals surface area contributed by atoms with Crippen LogP contribution in [0.3, 0.4) is 0 Å². The van der Waals surface area contributed by atoms with Crippen LogP contribution < -0.4 is 10.6 Å². The van der Waals surface area contributed by atoms with Gasteiger partial charge < -0.3 is 10.6 Å². The molecule has 0 unspecified atom stereocenters. The van der Waals surface area contributed by atoms with Crippen molar-refractivity contribution in [3.63, 3.8) is 0 Å². The number of hydrogen-bond acceptors (Lipinski definition) is 2. The first-order chi connectivity index (χ1) is 16.2. The molecule has 0 atom stereocenters. The number of benzene rings is 4. The van der Waals surface area contributed by atoms with Crippen LogP contribution in [0.25, 0.3) is 21.9 Å². The molecular formula is C27H21F3N2O2. The van der Waals surface area contributed by atoms with Gasteiger partial charge in [0.25, 0.3) is 5.91 Å². The van der Waals surface area contributed by atoms with Crippen molar-refractivity contribution < 1.29 is 22.8 Å². The van der Waals surface area contributed by atoms with E-state index in [1.807, 2.05) is 24.3 Å². The van der Waals surface area contributed by atoms with E-state index in [2.05, 4.69) is 10.6 Å². The molecule has 4 aromatic rings. The lowest BCUT2D eigenvalue weighted by Crippen LogP contribution is -2.22. The number of alkyl halides is 3. The zero-order chi connectivity index (χ0) is 24.3. The standard InChI is InChI=1S/C27H21F3N2O2/c1-17(33)32-23-6-2-4-18(14-23)16-31-26(34)21-10-13-25-20(15-21)5-3-7-24(25)19-8-11-22(12-9-19)27(28,29)30/h2-15H,16H2,1H3,(H,31,34)(H,32,33). The second kappa shape index (κ2) is 9.39. The molecule has 0 fully saturated rings. The molecular weight excluding hydrogens is 441 g/mol. The number of carbonyl (C=O) groups excluding carboxylic acids is 2. The third-order valence-electron chi connectivity index (χ3n) is 5.37. The Hall–Kier alpha value is -4.13. The van der Waals surface area contributed by atoms with Crippen LogP contribution in [0.5, 0.6) is 0 Å². The third-order valence-corrected chi connectivity index (χ3v) is 5.37. The fourth-order valence-corrected chi connectivity index (χ4v) is 3.76. The molecule has 0 aromatic heterocycles. The summed E-state index contributed by atoms with van der Waals surface area (Å²) in [6.45, 7) is 1.72. The first-order valence-electron chi connectivity index (χ1n) is 10.6. The molecule has 0 saturated carbocycles. The summed E-state index contributed by atoms with van der Waals surface area (Å²) in [7, 11) is 0. The normalized spacial score (nSPS) is 11.3. The third kappa shape index (κ3) is 5.26. The van der Waals surface area contributed by atoms with Crippen LogP contribution in [-0.4, -0.2) is 11.8 Å². The lowest BCUT2D eigenvalue weighted by molar-refractivity contribution is -0.137. The van der Waals surface area contributed by atoms with Crippen molar-refractivity contribution in [2.24, 2.45) is 0 Å². The van der Waals surface area contributed by atoms with E-state index in [9.17, 15) is 22.8 Å². The molecule has 34 heavy (non-hydrogen) atoms. The molecule has 0 bridgehead atoms. The Morgan fingerprint density at radius 1 is 0.853 bits per heavy atom. The van der Waals surface area contributed by atoms with Gasteiger partial charge in [0.2, 0.25) is 5.91 Å². The van der Waals surface area contributed by atoms with E-state index in [0.29, 0.717) is 16.8 Å². The Labute approximate surface area is 194 Å². The van der Waals surface area contributed by atoms with Gasteiger partial charge in [0.1, 0.15) is 0 Å². The summed E-state index contributed by atoms with van der Waals surface area (Å²) in [5.74, 6) is -0.431. The number of halogens is 3. The van der Waals surface area contributed by atoms with Crippen LogP contribution in [0.15, 0.2) is 84.9 Å². The molecule has 2 amide bonds. The SMILES string of the molecule is CC(=O)Nc1cccc(CNC(=O)c2ccc3c(-c4ccc(C(F)(F)F)cc4)cccc3c2)c1. The number of anilines is 1. The maximum Gasteiger partial charge on any atom is 0.416 e. The maximum atomic E-state index is 12.9. The summed E-state index contributed by atoms with van der Waals surface area (Å²) < 4.78 is 38.6. The smallest absolute Gasteiger partial charge is 0.348 e. The van der Waals surface area contributed by atoms with Gasteiger partial charge in [-0.2, -0.15) is 13.2 Å². The van der Waals surface area contributed by atoms with E-state index in [4.69, 9.17) is 0 Å². The highest BCUT2D eigenvalue weighted by atomic mass is 19.4. The van der Waals surface area contributed by atoms with E-state index in [-0.39, 0.29) is 18.4 Å². The largest absolute Gasteiger partial charge is 0.416 e. The average molecular weight is 462 g/mol. The van der Waals surface area contributed by atoms with Crippen LogP contribution >= 0.6 is 0 Å². The first-order valence-corrected chi connectivity index (χ1v) is 10.6. The van der Waals surface area contributed by atoms with Gasteiger partial charge in [0, 0.05) is 24.7 Å². The van der Waals surface area contributed by atoms with Crippen LogP contribution in [0.2, 0.25) is 0 Å². The highest BCUT2D eigenvalue weighted by Crippen LogP contribution is 2.33. The molecule has 0 radical (unpaired) electrons. The van der Waals surface area contributed by atoms with Gasteiger partial charge in [-0.15, -0.1) is 0 Å². The number of rotatable bonds is 5. The van der Waals surface area contributed by atoms with Crippen LogP contribution in [-0.2, 0) is 17.5 Å². The van der Waals surface area contributed by atoms with E-state index >= 15 is 0 Å². The zero-order valence-electron chi connectivity index (χ0n) is 18.2. The molecule has 2 N–H and O–H groups in total. The Bertz CT molecular complexity index is 1360. The Morgan fingerprint density at radius 2 is 1.59 bits per heavy atom. The lowest BCUT2D eigenvalue weighted by Gasteiger charge is -2.11. The highest BCUT2D eigenvalue weighted by Gasteiger charge is 2.30. The van der Waals surface area contributed by atoms with Gasteiger partial charge in [-0.25, -0.2) is 0 Å². The highest BCUT2D eigenvalue weighted by molar-refractivity contribution is 6.02. The molecule has 4 rings (SSSR count). The van der Waals surface area contributed by atoms with E-state index in [1.165, 1.54) is 19.1 Å². The molecule has 0 heterocycles. The maximum absolute atomic E-state index is 12.9. The summed E-state index contributed by atoms with van der Waals surface area (Å²) in [4.78, 5) is 23.9. The van der Waals surface area contributed by atoms with Crippen molar-refractivity contribution in [3.05, 3.63) is 102 Å². The van der Waals surface area contributed by atoms with E-state index in [0.717, 1.165) is 34.0 Å². The monoisotopic (exact) mass is 462 g/mol. The van der Waals surface area contributed by atoms with Crippen molar-refractivity contribution in [2.45, 2.75) is 19.6 Å². The van der Waals surface area contributed by atoms with Crippen molar-refractivity contribution >= 4 is 28.3 Å². The second-order valence-corrected chi connectivity index (χ2v) is 7.88. The molecule has 0 saturated heterocycles. The van der Waals surface area contributed by atoms with Crippen molar-refractivity contribution in [2.75, 3.05) is 5.32 Å². The van der Waals surface area contributed by atoms with Crippen LogP contribution in [0, 0.1) is 0 Å². The summed E-state index contributed by atoms with van der Waals surface area (Å²) in [5.41, 5.74) is 2.71. The second-order valence-electron chi connectivity index (χ2n) is 7.88. The van der Waals surface area contributed by atoms with Gasteiger partial charge in [0.05, 0.1) is 5.56 Å². The number of carbonyl (C=O) groups is 2. The zero-order valence-corrected chi connectivity index (χ0v) is 18.2. The Balaban J connectivity index is 1.53. The summed E-state index contributed by atoms with van der Waals surface area (Å²) >= 11 is 0. The van der Waals surface area contributed by atoms with Crippen LogP contribution in [0.4, 0.5) is 18.9 Å². The average Bonchev–Trinajstić information content (AvgIpc) is 2.81. The van der Waals surface area contributed by atoms with E-state index in [1.54, 1.807) is 36.4 Å². The molecule has 172 valence electrons. The predicted octanol–water partition coefficient (Wildman–Crippen LogP) is 6.41. The quantitative estimate of drug-likeness (QED) is 0.360. The van der Waals surface area contributed by atoms with Gasteiger partial charge in [-0.05, 0) is 63.9 Å². The minimum atomic E-state index is -4.38. The Kier molecular flexibility index (Phi) is 6.36. The number of amides is 2. The van der Waals surface area contributed by atoms with Gasteiger partial charge in [-0.1, -0.05) is 48.5 Å². The predicted molar refractivity (Wildman–Crippen MR) is 126 cm³/mol. The first kappa shape index (κ1) is 23.0. The topological polar surface area (TPSA) is 58.2 Å². The van der Waals surface area contributed by atoms with E-state index < -0.39 is 11.7 Å². The lowest BCUT2D eigenvalue weighted by atomic mass is 9.96. The van der Waals surface area contributed by atoms with Crippen LogP contribution in [0.1, 0.15) is 28.4 Å². The van der Waals surface area contributed by atoms with Crippen molar-refractivity contribution in [3.8, 4) is 11.1 Å². The number of fused-ring (bicyclic) bond motifs is 1. The van der Waals surface area contributed by atoms with Crippen molar-refractivity contribution in [1.82, 2.24) is 5.32 Å². The fraction of sp³-hybridized carbons (Fsp3) is 0.111. The summed E-state index contributed by atoms with van der Waals surface area (Å²) in [6, 6.07) is 23.0. The number of nitrogens with one attached hydrogen (secondary N) is 2. The summed E-state index contributed by atoms with van der Waals surface area (Å²) in [6.07, 6.45) is -4.38. The van der Waals surface area contributed by atoms with Gasteiger partial charge in [-0.3, -0.25) is 9.59 Å². The molecule has 0 aliphatic heterocycles. The van der Waals surface area contributed by atoms with Gasteiger partial charge >= 0.3 is 6.18 Å².